The highest BCUT2D eigenvalue weighted by atomic mass is 32.2. The molecule has 0 saturated carbocycles. The van der Waals surface area contributed by atoms with E-state index in [9.17, 15) is 12.8 Å². The molecule has 0 unspecified atom stereocenters. The lowest BCUT2D eigenvalue weighted by Crippen LogP contribution is -2.10. The van der Waals surface area contributed by atoms with Gasteiger partial charge < -0.3 is 5.32 Å². The number of rotatable bonds is 5. The maximum atomic E-state index is 13.0. The number of halogens is 1. The Morgan fingerprint density at radius 1 is 1.25 bits per heavy atom. The lowest BCUT2D eigenvalue weighted by atomic mass is 10.1. The van der Waals surface area contributed by atoms with Crippen molar-refractivity contribution < 1.29 is 12.8 Å². The predicted octanol–water partition coefficient (Wildman–Crippen LogP) is 2.28. The summed E-state index contributed by atoms with van der Waals surface area (Å²) in [6, 6.07) is 9.39. The van der Waals surface area contributed by atoms with E-state index in [0.29, 0.717) is 18.8 Å². The van der Waals surface area contributed by atoms with Crippen molar-refractivity contribution in [2.45, 2.75) is 11.3 Å². The van der Waals surface area contributed by atoms with Crippen LogP contribution in [0, 0.1) is 5.82 Å². The van der Waals surface area contributed by atoms with Gasteiger partial charge in [0.2, 0.25) is 0 Å². The van der Waals surface area contributed by atoms with Crippen LogP contribution in [0.5, 0.6) is 0 Å². The van der Waals surface area contributed by atoms with E-state index in [-0.39, 0.29) is 10.7 Å². The van der Waals surface area contributed by atoms with Crippen molar-refractivity contribution in [1.82, 2.24) is 4.98 Å². The van der Waals surface area contributed by atoms with Crippen molar-refractivity contribution in [2.24, 2.45) is 0 Å². The van der Waals surface area contributed by atoms with E-state index in [2.05, 4.69) is 10.3 Å². The van der Waals surface area contributed by atoms with E-state index in [1.165, 1.54) is 24.4 Å². The van der Waals surface area contributed by atoms with Crippen LogP contribution in [0.3, 0.4) is 0 Å². The van der Waals surface area contributed by atoms with Gasteiger partial charge in [0, 0.05) is 19.0 Å². The van der Waals surface area contributed by atoms with Crippen LogP contribution in [0.2, 0.25) is 0 Å². The molecule has 2 aromatic rings. The van der Waals surface area contributed by atoms with Crippen molar-refractivity contribution in [1.29, 1.82) is 0 Å². The van der Waals surface area contributed by atoms with Crippen molar-refractivity contribution in [3.63, 3.8) is 0 Å². The molecule has 0 atom stereocenters. The largest absolute Gasteiger partial charge is 0.369 e. The van der Waals surface area contributed by atoms with Gasteiger partial charge in [0.15, 0.2) is 9.84 Å². The molecule has 106 valence electrons. The van der Waals surface area contributed by atoms with Gasteiger partial charge in [0.25, 0.3) is 0 Å². The topological polar surface area (TPSA) is 59.1 Å². The predicted molar refractivity (Wildman–Crippen MR) is 75.9 cm³/mol. The number of pyridine rings is 1. The van der Waals surface area contributed by atoms with Crippen LogP contribution in [-0.4, -0.2) is 26.2 Å². The Labute approximate surface area is 117 Å². The third-order valence-electron chi connectivity index (χ3n) is 2.77. The number of hydrogen-bond donors (Lipinski definition) is 1. The highest BCUT2D eigenvalue weighted by molar-refractivity contribution is 7.90. The van der Waals surface area contributed by atoms with Crippen LogP contribution in [0.1, 0.15) is 5.56 Å². The average Bonchev–Trinajstić information content (AvgIpc) is 2.38. The number of anilines is 1. The van der Waals surface area contributed by atoms with Gasteiger partial charge in [-0.1, -0.05) is 12.1 Å². The first-order chi connectivity index (χ1) is 9.47. The normalized spacial score (nSPS) is 11.3. The van der Waals surface area contributed by atoms with Gasteiger partial charge >= 0.3 is 0 Å². The summed E-state index contributed by atoms with van der Waals surface area (Å²) in [6.45, 7) is 0.475. The zero-order valence-corrected chi connectivity index (χ0v) is 11.8. The lowest BCUT2D eigenvalue weighted by molar-refractivity contribution is 0.601. The van der Waals surface area contributed by atoms with Gasteiger partial charge in [-0.05, 0) is 36.2 Å². The van der Waals surface area contributed by atoms with Crippen molar-refractivity contribution >= 4 is 15.7 Å². The third kappa shape index (κ3) is 3.77. The van der Waals surface area contributed by atoms with Gasteiger partial charge in [-0.15, -0.1) is 0 Å². The maximum Gasteiger partial charge on any atom is 0.179 e. The van der Waals surface area contributed by atoms with Crippen molar-refractivity contribution in [3.05, 3.63) is 54.0 Å². The zero-order chi connectivity index (χ0) is 14.6. The molecule has 0 spiro atoms. The molecule has 0 saturated heterocycles. The van der Waals surface area contributed by atoms with E-state index < -0.39 is 9.84 Å². The van der Waals surface area contributed by atoms with E-state index in [0.717, 1.165) is 11.8 Å². The number of aromatic nitrogens is 1. The summed E-state index contributed by atoms with van der Waals surface area (Å²) in [6.07, 6.45) is 3.25. The Bertz CT molecular complexity index is 702. The van der Waals surface area contributed by atoms with Crippen LogP contribution in [-0.2, 0) is 16.3 Å². The van der Waals surface area contributed by atoms with E-state index in [1.807, 2.05) is 6.07 Å². The number of hydrogen-bond acceptors (Lipinski definition) is 4. The molecule has 0 aliphatic heterocycles. The molecule has 0 aliphatic carbocycles. The monoisotopic (exact) mass is 294 g/mol. The maximum absolute atomic E-state index is 13.0. The Balaban J connectivity index is 2.05. The smallest absolute Gasteiger partial charge is 0.179 e. The van der Waals surface area contributed by atoms with Crippen molar-refractivity contribution in [2.75, 3.05) is 18.1 Å². The molecule has 0 bridgehead atoms. The number of benzene rings is 1. The summed E-state index contributed by atoms with van der Waals surface area (Å²) in [4.78, 5) is 4.20. The molecule has 1 aromatic carbocycles. The van der Waals surface area contributed by atoms with Crippen LogP contribution >= 0.6 is 0 Å². The molecule has 6 heteroatoms. The molecule has 4 nitrogen and oxygen atoms in total. The molecule has 1 N–H and O–H groups in total. The highest BCUT2D eigenvalue weighted by Gasteiger charge is 2.13. The molecular weight excluding hydrogens is 279 g/mol. The Kier molecular flexibility index (Phi) is 4.34. The van der Waals surface area contributed by atoms with Crippen LogP contribution in [0.15, 0.2) is 47.5 Å². The molecular formula is C14H15FN2O2S. The summed E-state index contributed by atoms with van der Waals surface area (Å²) in [5, 5.41) is 2.98. The van der Waals surface area contributed by atoms with Crippen LogP contribution < -0.4 is 5.32 Å². The summed E-state index contributed by atoms with van der Waals surface area (Å²) < 4.78 is 36.2. The van der Waals surface area contributed by atoms with E-state index in [4.69, 9.17) is 0 Å². The number of nitrogens with zero attached hydrogens (tertiary/aromatic N) is 1. The molecule has 0 aliphatic rings. The first kappa shape index (κ1) is 14.5. The Morgan fingerprint density at radius 2 is 2.05 bits per heavy atom. The molecule has 0 fully saturated rings. The standard InChI is InChI=1S/C14H15FN2O2S/c1-20(18,19)13-6-3-8-16-14(13)17-9-7-11-4-2-5-12(15)10-11/h2-6,8,10H,7,9H2,1H3,(H,16,17). The minimum atomic E-state index is -3.32. The van der Waals surface area contributed by atoms with Gasteiger partial charge in [-0.2, -0.15) is 0 Å². The highest BCUT2D eigenvalue weighted by Crippen LogP contribution is 2.17. The quantitative estimate of drug-likeness (QED) is 0.919. The van der Waals surface area contributed by atoms with Gasteiger partial charge in [0.1, 0.15) is 16.5 Å². The minimum Gasteiger partial charge on any atom is -0.369 e. The molecule has 1 heterocycles. The average molecular weight is 294 g/mol. The van der Waals surface area contributed by atoms with E-state index >= 15 is 0 Å². The zero-order valence-electron chi connectivity index (χ0n) is 11.0. The first-order valence-corrected chi connectivity index (χ1v) is 7.99. The molecule has 2 rings (SSSR count). The molecule has 1 aromatic heterocycles. The van der Waals surface area contributed by atoms with Gasteiger partial charge in [0.05, 0.1) is 0 Å². The second kappa shape index (κ2) is 6.00. The Hall–Kier alpha value is -1.95. The first-order valence-electron chi connectivity index (χ1n) is 6.10. The summed E-state index contributed by atoms with van der Waals surface area (Å²) in [5.74, 6) is 0.0450. The molecule has 0 radical (unpaired) electrons. The summed E-state index contributed by atoms with van der Waals surface area (Å²) >= 11 is 0. The fourth-order valence-corrected chi connectivity index (χ4v) is 2.64. The fraction of sp³-hybridized carbons (Fsp3) is 0.214. The number of nitrogens with one attached hydrogen (secondary N) is 1. The molecule has 20 heavy (non-hydrogen) atoms. The minimum absolute atomic E-state index is 0.166. The lowest BCUT2D eigenvalue weighted by Gasteiger charge is -2.09. The van der Waals surface area contributed by atoms with Gasteiger partial charge in [-0.3, -0.25) is 0 Å². The summed E-state index contributed by atoms with van der Waals surface area (Å²) in [5.41, 5.74) is 0.842. The molecule has 0 amide bonds. The van der Waals surface area contributed by atoms with Crippen LogP contribution in [0.4, 0.5) is 10.2 Å². The second-order valence-corrected chi connectivity index (χ2v) is 6.41. The van der Waals surface area contributed by atoms with Crippen molar-refractivity contribution in [3.8, 4) is 0 Å². The SMILES string of the molecule is CS(=O)(=O)c1cccnc1NCCc1cccc(F)c1. The third-order valence-corrected chi connectivity index (χ3v) is 3.89. The van der Waals surface area contributed by atoms with E-state index in [1.54, 1.807) is 12.1 Å². The fourth-order valence-electron chi connectivity index (χ4n) is 1.84. The summed E-state index contributed by atoms with van der Waals surface area (Å²) in [7, 11) is -3.32. The van der Waals surface area contributed by atoms with Crippen LogP contribution in [0.25, 0.3) is 0 Å². The second-order valence-electron chi connectivity index (χ2n) is 4.43. The number of sulfone groups is 1. The Morgan fingerprint density at radius 3 is 2.75 bits per heavy atom. The van der Waals surface area contributed by atoms with Gasteiger partial charge in [-0.25, -0.2) is 17.8 Å².